The van der Waals surface area contributed by atoms with Crippen LogP contribution in [0.25, 0.3) is 0 Å². The summed E-state index contributed by atoms with van der Waals surface area (Å²) in [6, 6.07) is 0. The molecule has 1 atom stereocenters. The van der Waals surface area contributed by atoms with Crippen molar-refractivity contribution in [3.05, 3.63) is 12.2 Å². The number of nitrogens with one attached hydrogen (secondary N) is 1. The van der Waals surface area contributed by atoms with Crippen LogP contribution < -0.4 is 5.32 Å². The van der Waals surface area contributed by atoms with E-state index >= 15 is 0 Å². The van der Waals surface area contributed by atoms with Crippen molar-refractivity contribution in [3.63, 3.8) is 0 Å². The van der Waals surface area contributed by atoms with Gasteiger partial charge in [0.2, 0.25) is 11.7 Å². The number of amides is 1. The quantitative estimate of drug-likeness (QED) is 0.488. The van der Waals surface area contributed by atoms with Crippen molar-refractivity contribution in [3.8, 4) is 0 Å². The van der Waals surface area contributed by atoms with Crippen LogP contribution in [0.3, 0.4) is 0 Å². The third-order valence-electron chi connectivity index (χ3n) is 4.30. The highest BCUT2D eigenvalue weighted by Gasteiger charge is 2.34. The SMILES string of the molecule is CCCCCC/C=C/C1=NCC[N+]1(CC)CCNC(C)=O. The topological polar surface area (TPSA) is 41.5 Å². The van der Waals surface area contributed by atoms with Gasteiger partial charge in [-0.05, 0) is 19.8 Å². The lowest BCUT2D eigenvalue weighted by atomic mass is 10.1. The van der Waals surface area contributed by atoms with Crippen LogP contribution in [0.15, 0.2) is 17.1 Å². The predicted molar refractivity (Wildman–Crippen MR) is 89.4 cm³/mol. The van der Waals surface area contributed by atoms with Crippen molar-refractivity contribution < 1.29 is 9.28 Å². The molecule has 0 aliphatic carbocycles. The van der Waals surface area contributed by atoms with E-state index < -0.39 is 0 Å². The maximum Gasteiger partial charge on any atom is 0.222 e. The van der Waals surface area contributed by atoms with Gasteiger partial charge < -0.3 is 5.32 Å². The molecule has 4 heteroatoms. The second-order valence-corrected chi connectivity index (χ2v) is 5.88. The predicted octanol–water partition coefficient (Wildman–Crippen LogP) is 2.90. The highest BCUT2D eigenvalue weighted by Crippen LogP contribution is 2.16. The average Bonchev–Trinajstić information content (AvgIpc) is 2.86. The molecule has 0 aromatic rings. The summed E-state index contributed by atoms with van der Waals surface area (Å²) in [7, 11) is 0. The molecule has 1 rings (SSSR count). The van der Waals surface area contributed by atoms with Gasteiger partial charge in [-0.3, -0.25) is 9.28 Å². The third kappa shape index (κ3) is 6.00. The van der Waals surface area contributed by atoms with Crippen molar-refractivity contribution in [1.82, 2.24) is 5.32 Å². The molecule has 1 aliphatic heterocycles. The molecule has 0 saturated heterocycles. The van der Waals surface area contributed by atoms with Crippen LogP contribution in [-0.2, 0) is 4.79 Å². The zero-order chi connectivity index (χ0) is 15.6. The molecule has 0 radical (unpaired) electrons. The van der Waals surface area contributed by atoms with Gasteiger partial charge in [-0.2, -0.15) is 0 Å². The third-order valence-corrected chi connectivity index (χ3v) is 4.30. The number of quaternary nitrogens is 1. The lowest BCUT2D eigenvalue weighted by Crippen LogP contribution is -2.53. The minimum Gasteiger partial charge on any atom is -0.351 e. The molecule has 0 spiro atoms. The lowest BCUT2D eigenvalue weighted by Gasteiger charge is -2.32. The minimum atomic E-state index is 0.0494. The Morgan fingerprint density at radius 3 is 2.81 bits per heavy atom. The average molecular weight is 294 g/mol. The molecule has 1 amide bonds. The van der Waals surface area contributed by atoms with Crippen LogP contribution in [0.1, 0.15) is 52.9 Å². The van der Waals surface area contributed by atoms with Crippen LogP contribution in [0.2, 0.25) is 0 Å². The minimum absolute atomic E-state index is 0.0494. The Morgan fingerprint density at radius 2 is 2.14 bits per heavy atom. The number of carbonyl (C=O) groups is 1. The van der Waals surface area contributed by atoms with E-state index in [0.717, 1.165) is 43.6 Å². The van der Waals surface area contributed by atoms with Gasteiger partial charge in [0.1, 0.15) is 13.1 Å². The molecular weight excluding hydrogens is 262 g/mol. The maximum atomic E-state index is 11.0. The zero-order valence-corrected chi connectivity index (χ0v) is 14.0. The van der Waals surface area contributed by atoms with Crippen molar-refractivity contribution in [1.29, 1.82) is 0 Å². The molecule has 1 N–H and O–H groups in total. The molecule has 0 aromatic carbocycles. The van der Waals surface area contributed by atoms with Crippen molar-refractivity contribution in [2.45, 2.75) is 52.9 Å². The number of allylic oxidation sites excluding steroid dienone is 1. The van der Waals surface area contributed by atoms with E-state index in [0.29, 0.717) is 0 Å². The standard InChI is InChI=1S/C17H31N3O/c1-4-6-7-8-9-10-11-17-19-13-15-20(17,5-2)14-12-18-16(3)21/h10-11H,4-9,12-15H2,1-3H3/p+1/b11-10+. The van der Waals surface area contributed by atoms with E-state index in [1.54, 1.807) is 6.92 Å². The van der Waals surface area contributed by atoms with E-state index in [1.807, 2.05) is 0 Å². The van der Waals surface area contributed by atoms with Crippen molar-refractivity contribution in [2.75, 3.05) is 32.7 Å². The normalized spacial score (nSPS) is 21.8. The number of hydrogen-bond acceptors (Lipinski definition) is 2. The van der Waals surface area contributed by atoms with Crippen LogP contribution >= 0.6 is 0 Å². The highest BCUT2D eigenvalue weighted by atomic mass is 16.1. The number of aliphatic imine (C=N–C) groups is 1. The maximum absolute atomic E-state index is 11.0. The fraction of sp³-hybridized carbons (Fsp3) is 0.765. The molecule has 0 saturated carbocycles. The van der Waals surface area contributed by atoms with Gasteiger partial charge in [-0.25, -0.2) is 4.99 Å². The number of nitrogens with zero attached hydrogens (tertiary/aromatic N) is 2. The first kappa shape index (κ1) is 17.9. The first-order valence-electron chi connectivity index (χ1n) is 8.46. The highest BCUT2D eigenvalue weighted by molar-refractivity contribution is 5.88. The smallest absolute Gasteiger partial charge is 0.222 e. The van der Waals surface area contributed by atoms with Gasteiger partial charge in [0.05, 0.1) is 19.6 Å². The van der Waals surface area contributed by atoms with Gasteiger partial charge in [0.15, 0.2) is 0 Å². The van der Waals surface area contributed by atoms with Crippen LogP contribution in [-0.4, -0.2) is 48.9 Å². The number of rotatable bonds is 10. The number of unbranched alkanes of at least 4 members (excludes halogenated alkanes) is 4. The Labute approximate surface area is 129 Å². The molecule has 21 heavy (non-hydrogen) atoms. The number of carbonyl (C=O) groups excluding carboxylic acids is 1. The van der Waals surface area contributed by atoms with Crippen molar-refractivity contribution >= 4 is 11.7 Å². The van der Waals surface area contributed by atoms with Gasteiger partial charge in [0, 0.05) is 13.0 Å². The number of amidine groups is 1. The summed E-state index contributed by atoms with van der Waals surface area (Å²) in [4.78, 5) is 15.7. The summed E-state index contributed by atoms with van der Waals surface area (Å²) < 4.78 is 0.908. The van der Waals surface area contributed by atoms with Gasteiger partial charge in [-0.15, -0.1) is 0 Å². The zero-order valence-electron chi connectivity index (χ0n) is 14.0. The van der Waals surface area contributed by atoms with Crippen LogP contribution in [0.5, 0.6) is 0 Å². The fourth-order valence-corrected chi connectivity index (χ4v) is 2.86. The first-order valence-corrected chi connectivity index (χ1v) is 8.46. The summed E-state index contributed by atoms with van der Waals surface area (Å²) in [5.41, 5.74) is 0. The summed E-state index contributed by atoms with van der Waals surface area (Å²) in [6.07, 6.45) is 10.9. The van der Waals surface area contributed by atoms with Gasteiger partial charge in [0.25, 0.3) is 0 Å². The first-order chi connectivity index (χ1) is 10.1. The number of hydrogen-bond donors (Lipinski definition) is 1. The Morgan fingerprint density at radius 1 is 1.33 bits per heavy atom. The van der Waals surface area contributed by atoms with Crippen molar-refractivity contribution in [2.24, 2.45) is 4.99 Å². The van der Waals surface area contributed by atoms with E-state index in [-0.39, 0.29) is 5.91 Å². The molecule has 4 nitrogen and oxygen atoms in total. The Kier molecular flexibility index (Phi) is 8.28. The fourth-order valence-electron chi connectivity index (χ4n) is 2.86. The second kappa shape index (κ2) is 9.72. The summed E-state index contributed by atoms with van der Waals surface area (Å²) >= 11 is 0. The molecule has 0 aromatic heterocycles. The Balaban J connectivity index is 2.46. The molecule has 0 fully saturated rings. The van der Waals surface area contributed by atoms with E-state index in [9.17, 15) is 4.79 Å². The monoisotopic (exact) mass is 294 g/mol. The molecule has 1 unspecified atom stereocenters. The van der Waals surface area contributed by atoms with Crippen LogP contribution in [0, 0.1) is 0 Å². The largest absolute Gasteiger partial charge is 0.351 e. The summed E-state index contributed by atoms with van der Waals surface area (Å²) in [6.45, 7) is 10.7. The van der Waals surface area contributed by atoms with Gasteiger partial charge >= 0.3 is 0 Å². The molecule has 1 heterocycles. The molecule has 120 valence electrons. The molecule has 0 bridgehead atoms. The van der Waals surface area contributed by atoms with Gasteiger partial charge in [-0.1, -0.05) is 32.3 Å². The lowest BCUT2D eigenvalue weighted by molar-refractivity contribution is -0.830. The Hall–Kier alpha value is -1.16. The van der Waals surface area contributed by atoms with E-state index in [1.165, 1.54) is 31.5 Å². The van der Waals surface area contributed by atoms with Crippen LogP contribution in [0.4, 0.5) is 0 Å². The number of likely N-dealkylation sites (N-methyl/N-ethyl adjacent to an activating group) is 1. The van der Waals surface area contributed by atoms with E-state index in [4.69, 9.17) is 0 Å². The molecular formula is C17H32N3O+. The Bertz CT molecular complexity index is 376. The molecule has 1 aliphatic rings. The summed E-state index contributed by atoms with van der Waals surface area (Å²) in [5, 5.41) is 2.91. The second-order valence-electron chi connectivity index (χ2n) is 5.88. The summed E-state index contributed by atoms with van der Waals surface area (Å²) in [5.74, 6) is 1.24. The van der Waals surface area contributed by atoms with E-state index in [2.05, 4.69) is 36.3 Å².